The SMILES string of the molecule is CC(C)[Si](OCc1ccc(-c2nc3c(C(N)=O)cccc3[nH]2)cc1)(C(C)C)C(C)C. The van der Waals surface area contributed by atoms with Crippen LogP contribution in [0.4, 0.5) is 0 Å². The number of hydrogen-bond acceptors (Lipinski definition) is 3. The molecule has 30 heavy (non-hydrogen) atoms. The van der Waals surface area contributed by atoms with E-state index in [-0.39, 0.29) is 0 Å². The third kappa shape index (κ3) is 4.07. The fraction of sp³-hybridized carbons (Fsp3) is 0.417. The van der Waals surface area contributed by atoms with Crippen molar-refractivity contribution in [2.45, 2.75) is 64.8 Å². The molecule has 0 radical (unpaired) electrons. The minimum atomic E-state index is -1.89. The normalized spacial score (nSPS) is 12.4. The molecule has 0 unspecified atom stereocenters. The highest BCUT2D eigenvalue weighted by molar-refractivity contribution is 6.77. The molecule has 0 atom stereocenters. The molecule has 0 bridgehead atoms. The van der Waals surface area contributed by atoms with Crippen LogP contribution in [0.25, 0.3) is 22.4 Å². The Morgan fingerprint density at radius 1 is 1.00 bits per heavy atom. The van der Waals surface area contributed by atoms with E-state index in [4.69, 9.17) is 10.2 Å². The summed E-state index contributed by atoms with van der Waals surface area (Å²) in [4.78, 5) is 19.6. The second-order valence-electron chi connectivity index (χ2n) is 8.95. The minimum Gasteiger partial charge on any atom is -0.412 e. The zero-order chi connectivity index (χ0) is 22.1. The van der Waals surface area contributed by atoms with Gasteiger partial charge < -0.3 is 15.1 Å². The predicted molar refractivity (Wildman–Crippen MR) is 126 cm³/mol. The highest BCUT2D eigenvalue weighted by atomic mass is 28.4. The number of nitrogens with zero attached hydrogens (tertiary/aromatic N) is 1. The van der Waals surface area contributed by atoms with E-state index in [2.05, 4.69) is 63.6 Å². The van der Waals surface area contributed by atoms with Crippen molar-refractivity contribution in [1.29, 1.82) is 0 Å². The van der Waals surface area contributed by atoms with Gasteiger partial charge in [0.05, 0.1) is 17.7 Å². The zero-order valence-corrected chi connectivity index (χ0v) is 19.8. The monoisotopic (exact) mass is 423 g/mol. The van der Waals surface area contributed by atoms with Gasteiger partial charge in [-0.25, -0.2) is 4.98 Å². The third-order valence-corrected chi connectivity index (χ3v) is 12.3. The summed E-state index contributed by atoms with van der Waals surface area (Å²) in [5.41, 5.74) is 11.1. The molecule has 0 aliphatic heterocycles. The van der Waals surface area contributed by atoms with Crippen molar-refractivity contribution in [2.24, 2.45) is 5.73 Å². The van der Waals surface area contributed by atoms with Gasteiger partial charge in [0.25, 0.3) is 5.91 Å². The average Bonchev–Trinajstić information content (AvgIpc) is 3.12. The number of carbonyl (C=O) groups is 1. The van der Waals surface area contributed by atoms with Crippen LogP contribution in [-0.2, 0) is 11.0 Å². The number of rotatable bonds is 8. The molecule has 0 fully saturated rings. The van der Waals surface area contributed by atoms with Gasteiger partial charge in [0, 0.05) is 5.56 Å². The first-order chi connectivity index (χ1) is 14.2. The van der Waals surface area contributed by atoms with Crippen LogP contribution in [0.1, 0.15) is 57.5 Å². The van der Waals surface area contributed by atoms with Gasteiger partial charge in [-0.3, -0.25) is 4.79 Å². The van der Waals surface area contributed by atoms with Gasteiger partial charge in [0.15, 0.2) is 0 Å². The van der Waals surface area contributed by atoms with E-state index < -0.39 is 14.2 Å². The number of fused-ring (bicyclic) bond motifs is 1. The number of primary amides is 1. The lowest BCUT2D eigenvalue weighted by Gasteiger charge is -2.42. The molecule has 2 aromatic carbocycles. The number of imidazole rings is 1. The largest absolute Gasteiger partial charge is 0.412 e. The minimum absolute atomic E-state index is 0.428. The summed E-state index contributed by atoms with van der Waals surface area (Å²) < 4.78 is 6.70. The molecule has 3 N–H and O–H groups in total. The van der Waals surface area contributed by atoms with Crippen molar-refractivity contribution in [3.8, 4) is 11.4 Å². The number of aromatic amines is 1. The molecular formula is C24H33N3O2Si. The fourth-order valence-electron chi connectivity index (χ4n) is 4.83. The molecular weight excluding hydrogens is 390 g/mol. The lowest BCUT2D eigenvalue weighted by atomic mass is 10.1. The molecule has 5 nitrogen and oxygen atoms in total. The van der Waals surface area contributed by atoms with Crippen molar-refractivity contribution in [3.63, 3.8) is 0 Å². The van der Waals surface area contributed by atoms with Crippen molar-refractivity contribution >= 4 is 25.3 Å². The quantitative estimate of drug-likeness (QED) is 0.435. The summed E-state index contributed by atoms with van der Waals surface area (Å²) in [5.74, 6) is 0.251. The molecule has 3 aromatic rings. The molecule has 0 aliphatic carbocycles. The van der Waals surface area contributed by atoms with Crippen molar-refractivity contribution in [1.82, 2.24) is 9.97 Å². The van der Waals surface area contributed by atoms with Crippen LogP contribution in [0, 0.1) is 0 Å². The van der Waals surface area contributed by atoms with E-state index in [0.29, 0.717) is 34.3 Å². The molecule has 160 valence electrons. The molecule has 1 aromatic heterocycles. The van der Waals surface area contributed by atoms with E-state index in [1.165, 1.54) is 0 Å². The molecule has 0 saturated heterocycles. The maximum absolute atomic E-state index is 11.7. The topological polar surface area (TPSA) is 81.0 Å². The first kappa shape index (κ1) is 22.2. The van der Waals surface area contributed by atoms with Crippen molar-refractivity contribution in [2.75, 3.05) is 0 Å². The molecule has 1 amide bonds. The second kappa shape index (κ2) is 8.74. The van der Waals surface area contributed by atoms with Gasteiger partial charge in [-0.1, -0.05) is 71.9 Å². The van der Waals surface area contributed by atoms with Crippen LogP contribution in [0.3, 0.4) is 0 Å². The van der Waals surface area contributed by atoms with E-state index in [1.807, 2.05) is 18.2 Å². The summed E-state index contributed by atoms with van der Waals surface area (Å²) >= 11 is 0. The highest BCUT2D eigenvalue weighted by Crippen LogP contribution is 2.42. The van der Waals surface area contributed by atoms with Gasteiger partial charge in [0.2, 0.25) is 8.32 Å². The van der Waals surface area contributed by atoms with Gasteiger partial charge in [-0.2, -0.15) is 0 Å². The first-order valence-electron chi connectivity index (χ1n) is 10.7. The van der Waals surface area contributed by atoms with E-state index in [9.17, 15) is 4.79 Å². The Balaban J connectivity index is 1.82. The Labute approximate surface area is 180 Å². The molecule has 0 spiro atoms. The first-order valence-corrected chi connectivity index (χ1v) is 12.8. The third-order valence-electron chi connectivity index (χ3n) is 6.20. The van der Waals surface area contributed by atoms with Crippen LogP contribution < -0.4 is 5.73 Å². The predicted octanol–water partition coefficient (Wildman–Crippen LogP) is 6.02. The maximum atomic E-state index is 11.7. The number of amides is 1. The van der Waals surface area contributed by atoms with Crippen LogP contribution in [0.2, 0.25) is 16.6 Å². The Morgan fingerprint density at radius 2 is 1.60 bits per heavy atom. The van der Waals surface area contributed by atoms with Gasteiger partial charge in [-0.15, -0.1) is 0 Å². The average molecular weight is 424 g/mol. The molecule has 1 heterocycles. The van der Waals surface area contributed by atoms with Crippen LogP contribution >= 0.6 is 0 Å². The van der Waals surface area contributed by atoms with Crippen molar-refractivity contribution < 1.29 is 9.22 Å². The van der Waals surface area contributed by atoms with Gasteiger partial charge in [0.1, 0.15) is 11.3 Å². The number of H-pyrrole nitrogens is 1. The summed E-state index contributed by atoms with van der Waals surface area (Å²) in [7, 11) is -1.89. The maximum Gasteiger partial charge on any atom is 0.250 e. The Bertz CT molecular complexity index is 1000. The summed E-state index contributed by atoms with van der Waals surface area (Å²) in [6.45, 7) is 14.4. The summed E-state index contributed by atoms with van der Waals surface area (Å²) in [6, 6.07) is 13.7. The smallest absolute Gasteiger partial charge is 0.250 e. The Kier molecular flexibility index (Phi) is 6.48. The molecule has 6 heteroatoms. The van der Waals surface area contributed by atoms with Crippen LogP contribution in [-0.4, -0.2) is 24.2 Å². The number of benzene rings is 2. The Morgan fingerprint density at radius 3 is 2.13 bits per heavy atom. The molecule has 0 saturated carbocycles. The molecule has 3 rings (SSSR count). The summed E-state index contributed by atoms with van der Waals surface area (Å²) in [5, 5.41) is 0. The van der Waals surface area contributed by atoms with Gasteiger partial charge >= 0.3 is 0 Å². The second-order valence-corrected chi connectivity index (χ2v) is 14.4. The highest BCUT2D eigenvalue weighted by Gasteiger charge is 2.44. The number of nitrogens with two attached hydrogens (primary N) is 1. The summed E-state index contributed by atoms with van der Waals surface area (Å²) in [6.07, 6.45) is 0. The number of aromatic nitrogens is 2. The number of carbonyl (C=O) groups excluding carboxylic acids is 1. The number of para-hydroxylation sites is 1. The van der Waals surface area contributed by atoms with Crippen LogP contribution in [0.15, 0.2) is 42.5 Å². The van der Waals surface area contributed by atoms with E-state index in [0.717, 1.165) is 22.5 Å². The number of hydrogen-bond donors (Lipinski definition) is 2. The van der Waals surface area contributed by atoms with E-state index in [1.54, 1.807) is 12.1 Å². The van der Waals surface area contributed by atoms with Gasteiger partial charge in [-0.05, 0) is 34.3 Å². The zero-order valence-electron chi connectivity index (χ0n) is 18.8. The lowest BCUT2D eigenvalue weighted by Crippen LogP contribution is -2.47. The number of nitrogens with one attached hydrogen (secondary N) is 1. The van der Waals surface area contributed by atoms with E-state index >= 15 is 0 Å². The lowest BCUT2D eigenvalue weighted by molar-refractivity contribution is 0.100. The van der Waals surface area contributed by atoms with Crippen LogP contribution in [0.5, 0.6) is 0 Å². The Hall–Kier alpha value is -2.44. The standard InChI is InChI=1S/C24H33N3O2Si/c1-15(2)30(16(3)4,17(5)6)29-14-18-10-12-19(13-11-18)24-26-21-9-7-8-20(23(25)28)22(21)27-24/h7-13,15-17H,14H2,1-6H3,(H2,25,28)(H,26,27). The van der Waals surface area contributed by atoms with Crippen molar-refractivity contribution in [3.05, 3.63) is 53.6 Å². The fourth-order valence-corrected chi connectivity index (χ4v) is 10.3. The molecule has 0 aliphatic rings.